The van der Waals surface area contributed by atoms with Crippen LogP contribution >= 0.6 is 0 Å². The van der Waals surface area contributed by atoms with Crippen LogP contribution in [-0.2, 0) is 0 Å². The lowest BCUT2D eigenvalue weighted by molar-refractivity contribution is 0.0933. The predicted molar refractivity (Wildman–Crippen MR) is 80.0 cm³/mol. The largest absolute Gasteiger partial charge is 0.486 e. The Hall–Kier alpha value is -1.75. The molecule has 21 heavy (non-hydrogen) atoms. The van der Waals surface area contributed by atoms with Crippen LogP contribution in [0.1, 0.15) is 30.1 Å². The van der Waals surface area contributed by atoms with Crippen LogP contribution in [0.25, 0.3) is 0 Å². The van der Waals surface area contributed by atoms with E-state index in [1.165, 1.54) is 0 Å². The van der Waals surface area contributed by atoms with Crippen molar-refractivity contribution in [2.24, 2.45) is 5.92 Å². The van der Waals surface area contributed by atoms with Crippen LogP contribution in [-0.4, -0.2) is 38.3 Å². The van der Waals surface area contributed by atoms with Gasteiger partial charge in [0.15, 0.2) is 11.5 Å². The highest BCUT2D eigenvalue weighted by Gasteiger charge is 2.22. The molecule has 2 atom stereocenters. The minimum atomic E-state index is -0.0871. The zero-order chi connectivity index (χ0) is 14.7. The molecule has 5 heteroatoms. The molecule has 0 aliphatic carbocycles. The fourth-order valence-electron chi connectivity index (χ4n) is 2.82. The molecule has 2 aliphatic heterocycles. The third-order valence-corrected chi connectivity index (χ3v) is 4.13. The summed E-state index contributed by atoms with van der Waals surface area (Å²) in [4.78, 5) is 12.4. The van der Waals surface area contributed by atoms with Crippen LogP contribution in [0.2, 0.25) is 0 Å². The fourth-order valence-corrected chi connectivity index (χ4v) is 2.82. The topological polar surface area (TPSA) is 59.6 Å². The monoisotopic (exact) mass is 290 g/mol. The molecule has 0 radical (unpaired) electrons. The van der Waals surface area contributed by atoms with Gasteiger partial charge in [0.1, 0.15) is 13.2 Å². The molecule has 1 aromatic carbocycles. The highest BCUT2D eigenvalue weighted by molar-refractivity contribution is 5.97. The number of carbonyl (C=O) groups is 1. The Morgan fingerprint density at radius 3 is 3.00 bits per heavy atom. The summed E-state index contributed by atoms with van der Waals surface area (Å²) in [5, 5.41) is 6.47. The maximum absolute atomic E-state index is 12.4. The summed E-state index contributed by atoms with van der Waals surface area (Å²) in [5.41, 5.74) is 0.560. The molecule has 0 bridgehead atoms. The molecular weight excluding hydrogens is 268 g/mol. The van der Waals surface area contributed by atoms with E-state index in [2.05, 4.69) is 17.6 Å². The van der Waals surface area contributed by atoms with E-state index >= 15 is 0 Å². The highest BCUT2D eigenvalue weighted by Crippen LogP contribution is 2.33. The van der Waals surface area contributed by atoms with Gasteiger partial charge in [0.05, 0.1) is 5.56 Å². The van der Waals surface area contributed by atoms with Gasteiger partial charge in [0.25, 0.3) is 5.91 Å². The summed E-state index contributed by atoms with van der Waals surface area (Å²) < 4.78 is 11.1. The average Bonchev–Trinajstić information content (AvgIpc) is 2.53. The van der Waals surface area contributed by atoms with Crippen LogP contribution < -0.4 is 20.1 Å². The van der Waals surface area contributed by atoms with Crippen molar-refractivity contribution in [1.82, 2.24) is 10.6 Å². The maximum atomic E-state index is 12.4. The van der Waals surface area contributed by atoms with Crippen molar-refractivity contribution in [3.63, 3.8) is 0 Å². The van der Waals surface area contributed by atoms with Crippen LogP contribution in [0.4, 0.5) is 0 Å². The van der Waals surface area contributed by atoms with Crippen molar-refractivity contribution in [3.05, 3.63) is 23.8 Å². The molecule has 5 nitrogen and oxygen atoms in total. The first-order chi connectivity index (χ1) is 10.2. The van der Waals surface area contributed by atoms with Crippen molar-refractivity contribution in [3.8, 4) is 11.5 Å². The highest BCUT2D eigenvalue weighted by atomic mass is 16.6. The van der Waals surface area contributed by atoms with Gasteiger partial charge in [-0.25, -0.2) is 0 Å². The van der Waals surface area contributed by atoms with Gasteiger partial charge in [-0.05, 0) is 44.4 Å². The zero-order valence-electron chi connectivity index (χ0n) is 12.4. The minimum Gasteiger partial charge on any atom is -0.486 e. The average molecular weight is 290 g/mol. The lowest BCUT2D eigenvalue weighted by atomic mass is 9.95. The van der Waals surface area contributed by atoms with E-state index < -0.39 is 0 Å². The Morgan fingerprint density at radius 2 is 2.19 bits per heavy atom. The standard InChI is InChI=1S/C16H22N2O3/c1-11-5-6-12(9-17-11)10-18-16(19)13-3-2-4-14-15(13)21-8-7-20-14/h2-4,11-12,17H,5-10H2,1H3,(H,18,19). The van der Waals surface area contributed by atoms with E-state index in [0.717, 1.165) is 19.4 Å². The van der Waals surface area contributed by atoms with Crippen molar-refractivity contribution in [2.75, 3.05) is 26.3 Å². The van der Waals surface area contributed by atoms with Gasteiger partial charge in [-0.2, -0.15) is 0 Å². The van der Waals surface area contributed by atoms with Gasteiger partial charge in [-0.1, -0.05) is 6.07 Å². The third kappa shape index (κ3) is 3.29. The summed E-state index contributed by atoms with van der Waals surface area (Å²) in [6.07, 6.45) is 2.32. The number of carbonyl (C=O) groups excluding carboxylic acids is 1. The number of hydrogen-bond acceptors (Lipinski definition) is 4. The van der Waals surface area contributed by atoms with E-state index in [4.69, 9.17) is 9.47 Å². The Kier molecular flexibility index (Phi) is 4.29. The van der Waals surface area contributed by atoms with Gasteiger partial charge < -0.3 is 20.1 Å². The first-order valence-electron chi connectivity index (χ1n) is 7.64. The van der Waals surface area contributed by atoms with E-state index in [1.807, 2.05) is 12.1 Å². The molecule has 2 N–H and O–H groups in total. The SMILES string of the molecule is CC1CCC(CNC(=O)c2cccc3c2OCCO3)CN1. The Bertz CT molecular complexity index is 510. The molecule has 2 unspecified atom stereocenters. The number of fused-ring (bicyclic) bond motifs is 1. The van der Waals surface area contributed by atoms with Crippen LogP contribution in [0, 0.1) is 5.92 Å². The molecule has 0 saturated carbocycles. The summed E-state index contributed by atoms with van der Waals surface area (Å²) in [5.74, 6) is 1.64. The second kappa shape index (κ2) is 6.35. The molecule has 3 rings (SSSR count). The quantitative estimate of drug-likeness (QED) is 0.887. The molecule has 114 valence electrons. The smallest absolute Gasteiger partial charge is 0.255 e. The van der Waals surface area contributed by atoms with Crippen molar-refractivity contribution < 1.29 is 14.3 Å². The summed E-state index contributed by atoms with van der Waals surface area (Å²) in [7, 11) is 0. The number of benzene rings is 1. The van der Waals surface area contributed by atoms with Gasteiger partial charge in [0, 0.05) is 12.6 Å². The molecule has 2 heterocycles. The molecule has 1 saturated heterocycles. The van der Waals surface area contributed by atoms with Gasteiger partial charge in [-0.15, -0.1) is 0 Å². The molecule has 1 aromatic rings. The molecular formula is C16H22N2O3. The lowest BCUT2D eigenvalue weighted by Gasteiger charge is -2.28. The first-order valence-corrected chi connectivity index (χ1v) is 7.64. The van der Waals surface area contributed by atoms with E-state index in [-0.39, 0.29) is 5.91 Å². The van der Waals surface area contributed by atoms with Crippen LogP contribution in [0.5, 0.6) is 11.5 Å². The summed E-state index contributed by atoms with van der Waals surface area (Å²) in [6.45, 7) is 4.88. The van der Waals surface area contributed by atoms with E-state index in [0.29, 0.717) is 48.8 Å². The number of nitrogens with one attached hydrogen (secondary N) is 2. The van der Waals surface area contributed by atoms with Crippen LogP contribution in [0.15, 0.2) is 18.2 Å². The fraction of sp³-hybridized carbons (Fsp3) is 0.562. The first kappa shape index (κ1) is 14.2. The van der Waals surface area contributed by atoms with Crippen molar-refractivity contribution in [2.45, 2.75) is 25.8 Å². The lowest BCUT2D eigenvalue weighted by Crippen LogP contribution is -2.42. The van der Waals surface area contributed by atoms with Crippen LogP contribution in [0.3, 0.4) is 0 Å². The van der Waals surface area contributed by atoms with E-state index in [9.17, 15) is 4.79 Å². The Labute approximate surface area is 125 Å². The third-order valence-electron chi connectivity index (χ3n) is 4.13. The zero-order valence-corrected chi connectivity index (χ0v) is 12.4. The Morgan fingerprint density at radius 1 is 1.33 bits per heavy atom. The second-order valence-electron chi connectivity index (χ2n) is 5.79. The number of piperidine rings is 1. The van der Waals surface area contributed by atoms with Crippen molar-refractivity contribution in [1.29, 1.82) is 0 Å². The maximum Gasteiger partial charge on any atom is 0.255 e. The second-order valence-corrected chi connectivity index (χ2v) is 5.79. The number of hydrogen-bond donors (Lipinski definition) is 2. The predicted octanol–water partition coefficient (Wildman–Crippen LogP) is 1.58. The normalized spacial score (nSPS) is 24.4. The molecule has 0 spiro atoms. The van der Waals surface area contributed by atoms with Crippen molar-refractivity contribution >= 4 is 5.91 Å². The van der Waals surface area contributed by atoms with E-state index in [1.54, 1.807) is 6.07 Å². The van der Waals surface area contributed by atoms with Gasteiger partial charge in [0.2, 0.25) is 0 Å². The molecule has 1 amide bonds. The van der Waals surface area contributed by atoms with Gasteiger partial charge >= 0.3 is 0 Å². The number of rotatable bonds is 3. The van der Waals surface area contributed by atoms with Gasteiger partial charge in [-0.3, -0.25) is 4.79 Å². The Balaban J connectivity index is 1.61. The summed E-state index contributed by atoms with van der Waals surface area (Å²) in [6, 6.07) is 6.03. The molecule has 0 aromatic heterocycles. The number of amides is 1. The summed E-state index contributed by atoms with van der Waals surface area (Å²) >= 11 is 0. The number of ether oxygens (including phenoxy) is 2. The number of para-hydroxylation sites is 1. The minimum absolute atomic E-state index is 0.0871. The molecule has 1 fully saturated rings. The molecule has 2 aliphatic rings.